The molecule has 0 aromatic rings. The molecular weight excluding hydrogens is 166 g/mol. The van der Waals surface area contributed by atoms with Crippen molar-refractivity contribution in [3.05, 3.63) is 0 Å². The van der Waals surface area contributed by atoms with E-state index in [-0.39, 0.29) is 0 Å². The van der Waals surface area contributed by atoms with E-state index >= 15 is 0 Å². The van der Waals surface area contributed by atoms with E-state index in [0.717, 1.165) is 11.1 Å². The normalized spacial score (nSPS) is 22.6. The van der Waals surface area contributed by atoms with Gasteiger partial charge in [0.25, 0.3) is 0 Å². The third kappa shape index (κ3) is 2.72. The molecule has 0 amide bonds. The van der Waals surface area contributed by atoms with E-state index in [1.807, 2.05) is 0 Å². The lowest BCUT2D eigenvalue weighted by molar-refractivity contribution is 0.769. The largest absolute Gasteiger partial charge is 0.353 e. The Balaban J connectivity index is 4.18. The molecule has 3 heteroatoms. The van der Waals surface area contributed by atoms with Gasteiger partial charge >= 0.3 is 0 Å². The molecule has 0 radical (unpaired) electrons. The summed E-state index contributed by atoms with van der Waals surface area (Å²) in [5.41, 5.74) is 1.65. The topological polar surface area (TPSA) is 26.0 Å². The second-order valence-corrected chi connectivity index (χ2v) is 13.9. The van der Waals surface area contributed by atoms with E-state index in [9.17, 15) is 0 Å². The van der Waals surface area contributed by atoms with Gasteiger partial charge in [0.15, 0.2) is 0 Å². The molecule has 0 bridgehead atoms. The third-order valence-corrected chi connectivity index (χ3v) is 14.3. The monoisotopic (exact) mass is 189 g/mol. The van der Waals surface area contributed by atoms with Crippen molar-refractivity contribution in [3.8, 4) is 0 Å². The molecular formula is C8H23NSi2. The zero-order valence-corrected chi connectivity index (χ0v) is 11.6. The molecule has 2 unspecified atom stereocenters. The fourth-order valence-electron chi connectivity index (χ4n) is 1.37. The van der Waals surface area contributed by atoms with Crippen LogP contribution in [-0.4, -0.2) is 17.5 Å². The minimum absolute atomic E-state index is 0.823. The van der Waals surface area contributed by atoms with Gasteiger partial charge in [-0.15, -0.1) is 0 Å². The van der Waals surface area contributed by atoms with Gasteiger partial charge in [-0.25, -0.2) is 0 Å². The highest BCUT2D eigenvalue weighted by atomic mass is 29.2. The Morgan fingerprint density at radius 3 is 1.64 bits per heavy atom. The number of hydrogen-bond acceptors (Lipinski definition) is 1. The summed E-state index contributed by atoms with van der Waals surface area (Å²) >= 11 is 0. The second kappa shape index (κ2) is 4.43. The molecule has 0 fully saturated rings. The first-order chi connectivity index (χ1) is 4.96. The van der Waals surface area contributed by atoms with Crippen LogP contribution in [0.2, 0.25) is 11.1 Å². The zero-order chi connectivity index (χ0) is 9.07. The van der Waals surface area contributed by atoms with Crippen LogP contribution in [0.5, 0.6) is 0 Å². The summed E-state index contributed by atoms with van der Waals surface area (Å²) in [7, 11) is -0.0194. The van der Waals surface area contributed by atoms with Gasteiger partial charge in [0.2, 0.25) is 0 Å². The summed E-state index contributed by atoms with van der Waals surface area (Å²) < 4.78 is 0. The van der Waals surface area contributed by atoms with Crippen LogP contribution in [0, 0.1) is 0 Å². The molecule has 0 heterocycles. The van der Waals surface area contributed by atoms with Crippen LogP contribution in [0.3, 0.4) is 0 Å². The average molecular weight is 189 g/mol. The van der Waals surface area contributed by atoms with Crippen molar-refractivity contribution in [3.63, 3.8) is 0 Å². The first-order valence-electron chi connectivity index (χ1n) is 4.75. The Bertz CT molecular complexity index is 103. The summed E-state index contributed by atoms with van der Waals surface area (Å²) in [6.45, 7) is 9.20. The Hall–Kier alpha value is 0.394. The molecule has 2 atom stereocenters. The molecule has 0 aliphatic carbocycles. The van der Waals surface area contributed by atoms with Crippen molar-refractivity contribution >= 4 is 17.5 Å². The summed E-state index contributed by atoms with van der Waals surface area (Å²) in [6, 6.07) is 0. The van der Waals surface area contributed by atoms with Crippen molar-refractivity contribution in [1.29, 1.82) is 0 Å². The van der Waals surface area contributed by atoms with Gasteiger partial charge < -0.3 is 5.40 Å². The predicted molar refractivity (Wildman–Crippen MR) is 59.3 cm³/mol. The van der Waals surface area contributed by atoms with Crippen LogP contribution in [-0.2, 0) is 0 Å². The van der Waals surface area contributed by atoms with Crippen molar-refractivity contribution in [2.75, 3.05) is 0 Å². The number of nitrogens with two attached hydrogens (primary N) is 1. The summed E-state index contributed by atoms with van der Waals surface area (Å²) in [5.74, 6) is 0. The Kier molecular flexibility index (Phi) is 4.59. The second-order valence-electron chi connectivity index (χ2n) is 3.98. The highest BCUT2D eigenvalue weighted by Crippen LogP contribution is 2.29. The summed E-state index contributed by atoms with van der Waals surface area (Å²) in [5, 5.41) is 6.43. The fraction of sp³-hybridized carbons (Fsp3) is 1.00. The molecule has 0 saturated carbocycles. The van der Waals surface area contributed by atoms with Crippen LogP contribution < -0.4 is 5.40 Å². The van der Waals surface area contributed by atoms with Gasteiger partial charge in [-0.05, 0) is 11.1 Å². The van der Waals surface area contributed by atoms with Gasteiger partial charge in [0.05, 0.1) is 0 Å². The van der Waals surface area contributed by atoms with E-state index < -0.39 is 7.75 Å². The SMILES string of the molecule is CCC(C)[Si](N)([SiH3])C(C)CC. The van der Waals surface area contributed by atoms with Crippen LogP contribution in [0.15, 0.2) is 0 Å². The van der Waals surface area contributed by atoms with Gasteiger partial charge in [-0.3, -0.25) is 0 Å². The fourth-order valence-corrected chi connectivity index (χ4v) is 6.55. The first kappa shape index (κ1) is 11.4. The summed E-state index contributed by atoms with van der Waals surface area (Å²) in [6.07, 6.45) is 2.55. The first-order valence-corrected chi connectivity index (χ1v) is 10.5. The molecule has 2 N–H and O–H groups in total. The van der Waals surface area contributed by atoms with Crippen molar-refractivity contribution in [2.24, 2.45) is 5.40 Å². The third-order valence-electron chi connectivity index (χ3n) is 3.35. The molecule has 0 aromatic carbocycles. The quantitative estimate of drug-likeness (QED) is 0.664. The van der Waals surface area contributed by atoms with E-state index in [1.54, 1.807) is 0 Å². The standard InChI is InChI=1S/C8H23NSi2/c1-5-7(3)11(9,10)8(4)6-2/h7-8H,5-6,9H2,1-4,10H3. The Morgan fingerprint density at radius 1 is 1.18 bits per heavy atom. The molecule has 68 valence electrons. The highest BCUT2D eigenvalue weighted by Gasteiger charge is 2.32. The Labute approximate surface area is 75.1 Å². The van der Waals surface area contributed by atoms with Crippen molar-refractivity contribution in [2.45, 2.75) is 51.6 Å². The number of hydrogen-bond donors (Lipinski definition) is 1. The lowest BCUT2D eigenvalue weighted by Crippen LogP contribution is -2.53. The van der Waals surface area contributed by atoms with Crippen LogP contribution >= 0.6 is 0 Å². The van der Waals surface area contributed by atoms with Gasteiger partial charge in [-0.2, -0.15) is 0 Å². The Morgan fingerprint density at radius 2 is 1.45 bits per heavy atom. The molecule has 0 aliphatic rings. The lowest BCUT2D eigenvalue weighted by Gasteiger charge is -2.34. The van der Waals surface area contributed by atoms with E-state index in [1.165, 1.54) is 22.6 Å². The maximum Gasteiger partial charge on any atom is 0.107 e. The maximum absolute atomic E-state index is 6.43. The molecule has 11 heavy (non-hydrogen) atoms. The minimum atomic E-state index is -1.27. The van der Waals surface area contributed by atoms with Gasteiger partial charge in [0, 0.05) is 9.76 Å². The molecule has 0 saturated heterocycles. The molecule has 0 aliphatic heterocycles. The van der Waals surface area contributed by atoms with Crippen LogP contribution in [0.25, 0.3) is 0 Å². The van der Waals surface area contributed by atoms with Crippen LogP contribution in [0.4, 0.5) is 0 Å². The van der Waals surface area contributed by atoms with E-state index in [0.29, 0.717) is 0 Å². The zero-order valence-electron chi connectivity index (χ0n) is 8.65. The average Bonchev–Trinajstić information content (AvgIpc) is 2.01. The highest BCUT2D eigenvalue weighted by molar-refractivity contribution is 7.17. The van der Waals surface area contributed by atoms with Gasteiger partial charge in [-0.1, -0.05) is 40.5 Å². The molecule has 0 aromatic heterocycles. The van der Waals surface area contributed by atoms with Crippen LogP contribution in [0.1, 0.15) is 40.5 Å². The molecule has 0 spiro atoms. The van der Waals surface area contributed by atoms with E-state index in [4.69, 9.17) is 5.40 Å². The van der Waals surface area contributed by atoms with Crippen molar-refractivity contribution in [1.82, 2.24) is 0 Å². The van der Waals surface area contributed by atoms with E-state index in [2.05, 4.69) is 27.7 Å². The molecule has 0 rings (SSSR count). The van der Waals surface area contributed by atoms with Gasteiger partial charge in [0.1, 0.15) is 7.75 Å². The minimum Gasteiger partial charge on any atom is -0.353 e. The van der Waals surface area contributed by atoms with Crippen molar-refractivity contribution < 1.29 is 0 Å². The summed E-state index contributed by atoms with van der Waals surface area (Å²) in [4.78, 5) is 0. The number of rotatable bonds is 4. The molecule has 1 nitrogen and oxygen atoms in total. The lowest BCUT2D eigenvalue weighted by atomic mass is 10.4. The maximum atomic E-state index is 6.43. The smallest absolute Gasteiger partial charge is 0.107 e. The predicted octanol–water partition coefficient (Wildman–Crippen LogP) is 1.35.